The van der Waals surface area contributed by atoms with E-state index in [2.05, 4.69) is 10.3 Å². The molecule has 1 aromatic heterocycles. The van der Waals surface area contributed by atoms with E-state index in [4.69, 9.17) is 16.3 Å². The van der Waals surface area contributed by atoms with Gasteiger partial charge in [0.2, 0.25) is 5.91 Å². The van der Waals surface area contributed by atoms with Gasteiger partial charge in [0, 0.05) is 42.5 Å². The number of amides is 1. The highest BCUT2D eigenvalue weighted by molar-refractivity contribution is 6.31. The molecule has 1 fully saturated rings. The van der Waals surface area contributed by atoms with Crippen LogP contribution < -0.4 is 10.1 Å². The molecule has 28 heavy (non-hydrogen) atoms. The Balaban J connectivity index is 1.50. The van der Waals surface area contributed by atoms with E-state index in [0.717, 1.165) is 17.8 Å². The van der Waals surface area contributed by atoms with Crippen LogP contribution >= 0.6 is 11.6 Å². The van der Waals surface area contributed by atoms with Gasteiger partial charge in [0.05, 0.1) is 5.02 Å². The molecule has 1 atom stereocenters. The molecule has 0 radical (unpaired) electrons. The summed E-state index contributed by atoms with van der Waals surface area (Å²) >= 11 is 6.06. The molecular formula is C21H19ClFN3O2. The third-order valence-corrected chi connectivity index (χ3v) is 5.11. The minimum atomic E-state index is -0.391. The van der Waals surface area contributed by atoms with E-state index in [0.29, 0.717) is 29.3 Å². The molecule has 1 saturated heterocycles. The molecule has 5 nitrogen and oxygen atoms in total. The number of carbonyl (C=O) groups excluding carboxylic acids is 1. The van der Waals surface area contributed by atoms with Gasteiger partial charge in [0.1, 0.15) is 24.0 Å². The molecule has 2 aromatic carbocycles. The molecular weight excluding hydrogens is 381 g/mol. The Hall–Kier alpha value is -2.86. The summed E-state index contributed by atoms with van der Waals surface area (Å²) in [5.74, 6) is 1.09. The lowest BCUT2D eigenvalue weighted by molar-refractivity contribution is -0.119. The Morgan fingerprint density at radius 1 is 1.29 bits per heavy atom. The van der Waals surface area contributed by atoms with Crippen molar-refractivity contribution in [1.82, 2.24) is 14.9 Å². The minimum Gasteiger partial charge on any atom is -0.489 e. The van der Waals surface area contributed by atoms with Crippen LogP contribution in [0.15, 0.2) is 54.9 Å². The topological polar surface area (TPSA) is 56.2 Å². The Kier molecular flexibility index (Phi) is 5.30. The standard InChI is InChI=1S/C21H19ClFN3O2/c22-18-5-2-6-19(23)17(18)13-28-16-4-1-3-14(11-16)21-24-9-10-26(21)12-15-7-8-20(27)25-15/h1-6,9-11,15H,7-8,12-13H2,(H,25,27). The Bertz CT molecular complexity index is 985. The number of rotatable bonds is 6. The second-order valence-electron chi connectivity index (χ2n) is 6.72. The molecule has 0 bridgehead atoms. The van der Waals surface area contributed by atoms with Crippen molar-refractivity contribution in [3.63, 3.8) is 0 Å². The van der Waals surface area contributed by atoms with Gasteiger partial charge in [0.25, 0.3) is 0 Å². The molecule has 1 N–H and O–H groups in total. The van der Waals surface area contributed by atoms with E-state index in [1.54, 1.807) is 18.3 Å². The van der Waals surface area contributed by atoms with Gasteiger partial charge >= 0.3 is 0 Å². The van der Waals surface area contributed by atoms with E-state index in [1.807, 2.05) is 35.0 Å². The molecule has 1 unspecified atom stereocenters. The van der Waals surface area contributed by atoms with Crippen molar-refractivity contribution in [2.45, 2.75) is 32.0 Å². The van der Waals surface area contributed by atoms with E-state index in [1.165, 1.54) is 6.07 Å². The van der Waals surface area contributed by atoms with Crippen molar-refractivity contribution >= 4 is 17.5 Å². The monoisotopic (exact) mass is 399 g/mol. The molecule has 144 valence electrons. The van der Waals surface area contributed by atoms with Crippen LogP contribution in [0.5, 0.6) is 5.75 Å². The predicted molar refractivity (Wildman–Crippen MR) is 105 cm³/mol. The molecule has 1 aliphatic heterocycles. The summed E-state index contributed by atoms with van der Waals surface area (Å²) in [4.78, 5) is 15.9. The zero-order valence-electron chi connectivity index (χ0n) is 15.1. The van der Waals surface area contributed by atoms with Crippen LogP contribution in [0.25, 0.3) is 11.4 Å². The summed E-state index contributed by atoms with van der Waals surface area (Å²) in [7, 11) is 0. The van der Waals surface area contributed by atoms with Gasteiger partial charge in [-0.05, 0) is 30.7 Å². The maximum absolute atomic E-state index is 13.9. The number of imidazole rings is 1. The van der Waals surface area contributed by atoms with Crippen molar-refractivity contribution < 1.29 is 13.9 Å². The number of halogens is 2. The fourth-order valence-electron chi connectivity index (χ4n) is 3.32. The number of hydrogen-bond donors (Lipinski definition) is 1. The lowest BCUT2D eigenvalue weighted by Gasteiger charge is -2.14. The van der Waals surface area contributed by atoms with E-state index in [9.17, 15) is 9.18 Å². The van der Waals surface area contributed by atoms with Crippen molar-refractivity contribution in [3.8, 4) is 17.1 Å². The number of hydrogen-bond acceptors (Lipinski definition) is 3. The lowest BCUT2D eigenvalue weighted by atomic mass is 10.2. The van der Waals surface area contributed by atoms with E-state index >= 15 is 0 Å². The van der Waals surface area contributed by atoms with Gasteiger partial charge in [-0.3, -0.25) is 4.79 Å². The first kappa shape index (κ1) is 18.5. The zero-order valence-corrected chi connectivity index (χ0v) is 15.8. The van der Waals surface area contributed by atoms with Gasteiger partial charge in [-0.25, -0.2) is 9.37 Å². The number of ether oxygens (including phenoxy) is 1. The van der Waals surface area contributed by atoms with Crippen LogP contribution in [-0.2, 0) is 17.9 Å². The first-order chi connectivity index (χ1) is 13.6. The van der Waals surface area contributed by atoms with Crippen LogP contribution in [0.2, 0.25) is 5.02 Å². The van der Waals surface area contributed by atoms with Crippen molar-refractivity contribution in [3.05, 3.63) is 71.3 Å². The molecule has 2 heterocycles. The maximum atomic E-state index is 13.9. The first-order valence-corrected chi connectivity index (χ1v) is 9.44. The average molecular weight is 400 g/mol. The van der Waals surface area contributed by atoms with Gasteiger partial charge in [-0.15, -0.1) is 0 Å². The maximum Gasteiger partial charge on any atom is 0.220 e. The minimum absolute atomic E-state index is 0.0392. The summed E-state index contributed by atoms with van der Waals surface area (Å²) < 4.78 is 21.7. The van der Waals surface area contributed by atoms with Gasteiger partial charge in [-0.2, -0.15) is 0 Å². The van der Waals surface area contributed by atoms with Gasteiger partial charge < -0.3 is 14.6 Å². The number of carbonyl (C=O) groups is 1. The molecule has 0 spiro atoms. The first-order valence-electron chi connectivity index (χ1n) is 9.07. The van der Waals surface area contributed by atoms with E-state index in [-0.39, 0.29) is 18.6 Å². The summed E-state index contributed by atoms with van der Waals surface area (Å²) in [6, 6.07) is 12.2. The normalized spacial score (nSPS) is 16.2. The smallest absolute Gasteiger partial charge is 0.220 e. The number of benzene rings is 2. The average Bonchev–Trinajstić information content (AvgIpc) is 3.31. The molecule has 0 aliphatic carbocycles. The highest BCUT2D eigenvalue weighted by Gasteiger charge is 2.22. The van der Waals surface area contributed by atoms with E-state index < -0.39 is 5.82 Å². The van der Waals surface area contributed by atoms with Crippen LogP contribution in [0.1, 0.15) is 18.4 Å². The molecule has 0 saturated carbocycles. The molecule has 1 aliphatic rings. The van der Waals surface area contributed by atoms with Crippen LogP contribution in [0, 0.1) is 5.82 Å². The largest absolute Gasteiger partial charge is 0.489 e. The highest BCUT2D eigenvalue weighted by atomic mass is 35.5. The quantitative estimate of drug-likeness (QED) is 0.675. The van der Waals surface area contributed by atoms with Crippen LogP contribution in [0.4, 0.5) is 4.39 Å². The number of nitrogens with one attached hydrogen (secondary N) is 1. The molecule has 1 amide bonds. The Morgan fingerprint density at radius 3 is 2.93 bits per heavy atom. The Labute approximate surface area is 167 Å². The fraction of sp³-hybridized carbons (Fsp3) is 0.238. The Morgan fingerprint density at radius 2 is 2.14 bits per heavy atom. The predicted octanol–water partition coefficient (Wildman–Crippen LogP) is 4.20. The molecule has 4 rings (SSSR count). The SMILES string of the molecule is O=C1CCC(Cn2ccnc2-c2cccc(OCc3c(F)cccc3Cl)c2)N1. The molecule has 3 aromatic rings. The van der Waals surface area contributed by atoms with Gasteiger partial charge in [0.15, 0.2) is 0 Å². The second kappa shape index (κ2) is 8.02. The van der Waals surface area contributed by atoms with Crippen molar-refractivity contribution in [1.29, 1.82) is 0 Å². The number of aromatic nitrogens is 2. The zero-order chi connectivity index (χ0) is 19.5. The van der Waals surface area contributed by atoms with Crippen molar-refractivity contribution in [2.24, 2.45) is 0 Å². The second-order valence-corrected chi connectivity index (χ2v) is 7.13. The van der Waals surface area contributed by atoms with Crippen molar-refractivity contribution in [2.75, 3.05) is 0 Å². The summed E-state index contributed by atoms with van der Waals surface area (Å²) in [6.45, 7) is 0.703. The molecule has 7 heteroatoms. The van der Waals surface area contributed by atoms with Crippen LogP contribution in [0.3, 0.4) is 0 Å². The fourth-order valence-corrected chi connectivity index (χ4v) is 3.54. The third-order valence-electron chi connectivity index (χ3n) is 4.75. The summed E-state index contributed by atoms with van der Waals surface area (Å²) in [5, 5.41) is 3.31. The van der Waals surface area contributed by atoms with Gasteiger partial charge in [-0.1, -0.05) is 29.8 Å². The third kappa shape index (κ3) is 4.02. The highest BCUT2D eigenvalue weighted by Crippen LogP contribution is 2.26. The summed E-state index contributed by atoms with van der Waals surface area (Å²) in [5.41, 5.74) is 1.21. The number of nitrogens with zero attached hydrogens (tertiary/aromatic N) is 2. The summed E-state index contributed by atoms with van der Waals surface area (Å²) in [6.07, 6.45) is 5.02. The van der Waals surface area contributed by atoms with Crippen LogP contribution in [-0.4, -0.2) is 21.5 Å². The lowest BCUT2D eigenvalue weighted by Crippen LogP contribution is -2.29.